The Morgan fingerprint density at radius 1 is 0.821 bits per heavy atom. The molecule has 0 unspecified atom stereocenters. The molecule has 0 bridgehead atoms. The Balaban J connectivity index is 0.000000483. The van der Waals surface area contributed by atoms with Gasteiger partial charge in [-0.2, -0.15) is 0 Å². The van der Waals surface area contributed by atoms with E-state index in [-0.39, 0.29) is 13.2 Å². The molecule has 0 aliphatic carbocycles. The first-order valence-corrected chi connectivity index (χ1v) is 8.50. The summed E-state index contributed by atoms with van der Waals surface area (Å²) in [5, 5.41) is 8.62. The van der Waals surface area contributed by atoms with E-state index >= 15 is 0 Å². The van der Waals surface area contributed by atoms with Crippen LogP contribution in [-0.4, -0.2) is 31.7 Å². The number of carbonyl (C=O) groups excluding carboxylic acids is 1. The predicted octanol–water partition coefficient (Wildman–Crippen LogP) is 3.82. The third kappa shape index (κ3) is 14.5. The molecule has 2 aromatic rings. The van der Waals surface area contributed by atoms with Crippen molar-refractivity contribution in [2.24, 2.45) is 0 Å². The third-order valence-corrected chi connectivity index (χ3v) is 2.98. The van der Waals surface area contributed by atoms with Gasteiger partial charge in [-0.05, 0) is 16.7 Å². The first kappa shape index (κ1) is 25.4. The highest BCUT2D eigenvalue weighted by molar-refractivity contribution is 5.13. The lowest BCUT2D eigenvalue weighted by molar-refractivity contribution is -0.298. The van der Waals surface area contributed by atoms with Gasteiger partial charge in [0.05, 0.1) is 6.61 Å². The second-order valence-corrected chi connectivity index (χ2v) is 5.24. The SMILES string of the molecule is C=C(CO)COOCc1ccccc1.C=CCOOCc1ccccc1.C=O. The Morgan fingerprint density at radius 3 is 1.71 bits per heavy atom. The maximum atomic E-state index is 8.62. The zero-order chi connectivity index (χ0) is 20.9. The van der Waals surface area contributed by atoms with Gasteiger partial charge >= 0.3 is 0 Å². The Labute approximate surface area is 166 Å². The zero-order valence-corrected chi connectivity index (χ0v) is 16.0. The summed E-state index contributed by atoms with van der Waals surface area (Å²) in [6.07, 6.45) is 1.64. The lowest BCUT2D eigenvalue weighted by atomic mass is 10.2. The van der Waals surface area contributed by atoms with Crippen LogP contribution in [0.1, 0.15) is 11.1 Å². The van der Waals surface area contributed by atoms with E-state index in [2.05, 4.69) is 13.2 Å². The van der Waals surface area contributed by atoms with Crippen LogP contribution in [0.3, 0.4) is 0 Å². The highest BCUT2D eigenvalue weighted by Gasteiger charge is 1.94. The molecule has 0 aliphatic heterocycles. The molecule has 2 aromatic carbocycles. The van der Waals surface area contributed by atoms with Crippen LogP contribution in [0.15, 0.2) is 85.5 Å². The molecule has 0 fully saturated rings. The number of benzene rings is 2. The molecular weight excluding hydrogens is 360 g/mol. The lowest BCUT2D eigenvalue weighted by Gasteiger charge is -2.04. The van der Waals surface area contributed by atoms with Crippen molar-refractivity contribution in [2.75, 3.05) is 19.8 Å². The van der Waals surface area contributed by atoms with Gasteiger partial charge in [0.15, 0.2) is 0 Å². The predicted molar refractivity (Wildman–Crippen MR) is 108 cm³/mol. The first-order valence-electron chi connectivity index (χ1n) is 8.50. The van der Waals surface area contributed by atoms with E-state index in [1.54, 1.807) is 6.08 Å². The molecule has 2 rings (SSSR count). The van der Waals surface area contributed by atoms with E-state index in [1.165, 1.54) is 0 Å². The Kier molecular flexibility index (Phi) is 17.4. The van der Waals surface area contributed by atoms with Crippen molar-refractivity contribution in [1.82, 2.24) is 0 Å². The van der Waals surface area contributed by atoms with Gasteiger partial charge in [0.1, 0.15) is 33.2 Å². The lowest BCUT2D eigenvalue weighted by Crippen LogP contribution is -2.02. The Bertz CT molecular complexity index is 615. The van der Waals surface area contributed by atoms with Gasteiger partial charge in [0, 0.05) is 0 Å². The van der Waals surface area contributed by atoms with Crippen molar-refractivity contribution in [2.45, 2.75) is 13.2 Å². The minimum Gasteiger partial charge on any atom is -0.392 e. The first-order chi connectivity index (χ1) is 13.8. The molecule has 6 nitrogen and oxygen atoms in total. The monoisotopic (exact) mass is 388 g/mol. The molecular formula is C22H28O6. The van der Waals surface area contributed by atoms with Gasteiger partial charge in [-0.1, -0.05) is 73.3 Å². The second kappa shape index (κ2) is 19.2. The normalized spacial score (nSPS) is 9.32. The number of rotatable bonds is 11. The van der Waals surface area contributed by atoms with Gasteiger partial charge in [-0.25, -0.2) is 19.6 Å². The van der Waals surface area contributed by atoms with Crippen LogP contribution in [0.2, 0.25) is 0 Å². The molecule has 0 spiro atoms. The van der Waals surface area contributed by atoms with E-state index < -0.39 is 0 Å². The highest BCUT2D eigenvalue weighted by atomic mass is 17.2. The van der Waals surface area contributed by atoms with Crippen molar-refractivity contribution >= 4 is 6.79 Å². The van der Waals surface area contributed by atoms with Gasteiger partial charge in [0.2, 0.25) is 0 Å². The minimum atomic E-state index is -0.0747. The van der Waals surface area contributed by atoms with Crippen LogP contribution >= 0.6 is 0 Å². The summed E-state index contributed by atoms with van der Waals surface area (Å²) in [5.74, 6) is 0. The van der Waals surface area contributed by atoms with Crippen LogP contribution < -0.4 is 0 Å². The molecule has 0 amide bonds. The molecule has 6 heteroatoms. The molecule has 0 aromatic heterocycles. The second-order valence-electron chi connectivity index (χ2n) is 5.24. The largest absolute Gasteiger partial charge is 0.392 e. The number of aliphatic hydroxyl groups is 1. The Morgan fingerprint density at radius 2 is 1.29 bits per heavy atom. The van der Waals surface area contributed by atoms with Crippen molar-refractivity contribution in [3.05, 3.63) is 96.6 Å². The number of aliphatic hydroxyl groups excluding tert-OH is 1. The van der Waals surface area contributed by atoms with Crippen LogP contribution in [0, 0.1) is 0 Å². The van der Waals surface area contributed by atoms with Gasteiger partial charge < -0.3 is 9.90 Å². The summed E-state index contributed by atoms with van der Waals surface area (Å²) in [6, 6.07) is 19.6. The van der Waals surface area contributed by atoms with Crippen LogP contribution in [-0.2, 0) is 37.6 Å². The van der Waals surface area contributed by atoms with E-state index in [4.69, 9.17) is 29.5 Å². The van der Waals surface area contributed by atoms with E-state index in [0.717, 1.165) is 11.1 Å². The van der Waals surface area contributed by atoms with Crippen LogP contribution in [0.4, 0.5) is 0 Å². The van der Waals surface area contributed by atoms with Gasteiger partial charge in [-0.3, -0.25) is 0 Å². The average molecular weight is 388 g/mol. The molecule has 0 radical (unpaired) electrons. The summed E-state index contributed by atoms with van der Waals surface area (Å²) >= 11 is 0. The highest BCUT2D eigenvalue weighted by Crippen LogP contribution is 2.01. The number of carbonyl (C=O) groups is 1. The molecule has 0 saturated carbocycles. The smallest absolute Gasteiger partial charge is 0.107 e. The van der Waals surface area contributed by atoms with E-state index in [0.29, 0.717) is 25.4 Å². The van der Waals surface area contributed by atoms with Gasteiger partial charge in [-0.15, -0.1) is 6.58 Å². The molecule has 0 heterocycles. The summed E-state index contributed by atoms with van der Waals surface area (Å²) in [7, 11) is 0. The summed E-state index contributed by atoms with van der Waals surface area (Å²) in [6.45, 7) is 10.5. The van der Waals surface area contributed by atoms with Crippen molar-refractivity contribution in [1.29, 1.82) is 0 Å². The molecule has 152 valence electrons. The molecule has 0 aliphatic rings. The molecule has 28 heavy (non-hydrogen) atoms. The molecule has 0 atom stereocenters. The third-order valence-electron chi connectivity index (χ3n) is 2.98. The summed E-state index contributed by atoms with van der Waals surface area (Å²) < 4.78 is 0. The maximum absolute atomic E-state index is 8.62. The Hall–Kier alpha value is -2.61. The van der Waals surface area contributed by atoms with Crippen LogP contribution in [0.5, 0.6) is 0 Å². The van der Waals surface area contributed by atoms with Crippen molar-refractivity contribution in [3.63, 3.8) is 0 Å². The quantitative estimate of drug-likeness (QED) is 0.273. The van der Waals surface area contributed by atoms with Gasteiger partial charge in [0.25, 0.3) is 0 Å². The van der Waals surface area contributed by atoms with Crippen molar-refractivity contribution in [3.8, 4) is 0 Å². The maximum Gasteiger partial charge on any atom is 0.107 e. The number of hydrogen-bond donors (Lipinski definition) is 1. The molecule has 1 N–H and O–H groups in total. The zero-order valence-electron chi connectivity index (χ0n) is 16.0. The number of hydrogen-bond acceptors (Lipinski definition) is 6. The fraction of sp³-hybridized carbons (Fsp3) is 0.227. The topological polar surface area (TPSA) is 74.2 Å². The van der Waals surface area contributed by atoms with E-state index in [9.17, 15) is 0 Å². The fourth-order valence-electron chi connectivity index (χ4n) is 1.63. The minimum absolute atomic E-state index is 0.0747. The summed E-state index contributed by atoms with van der Waals surface area (Å²) in [5.41, 5.74) is 2.74. The average Bonchev–Trinajstić information content (AvgIpc) is 2.77. The summed E-state index contributed by atoms with van der Waals surface area (Å²) in [4.78, 5) is 27.4. The standard InChI is InChI=1S/C11H14O3.C10H12O2.CH2O/c1-10(7-12)8-13-14-9-11-5-3-2-4-6-11;1-2-8-11-12-9-10-6-4-3-5-7-10;1-2/h2-6,12H,1,7-9H2;2-7H,1,8-9H2;1H2. The molecule has 0 saturated heterocycles. The van der Waals surface area contributed by atoms with E-state index in [1.807, 2.05) is 67.5 Å². The fourth-order valence-corrected chi connectivity index (χ4v) is 1.63. The van der Waals surface area contributed by atoms with Crippen LogP contribution in [0.25, 0.3) is 0 Å². The van der Waals surface area contributed by atoms with Crippen molar-refractivity contribution < 1.29 is 29.5 Å².